The molecule has 0 bridgehead atoms. The van der Waals surface area contributed by atoms with E-state index in [1.807, 2.05) is 40.7 Å². The van der Waals surface area contributed by atoms with Gasteiger partial charge in [0.25, 0.3) is 0 Å². The van der Waals surface area contributed by atoms with Gasteiger partial charge in [0.15, 0.2) is 0 Å². The molecule has 2 saturated heterocycles. The average Bonchev–Trinajstić information content (AvgIpc) is 3.37. The largest absolute Gasteiger partial charge is 0.534 e. The van der Waals surface area contributed by atoms with Crippen LogP contribution in [0.5, 0.6) is 0 Å². The second-order valence-electron chi connectivity index (χ2n) is 25.5. The molecule has 9 atom stereocenters. The number of aliphatic hydroxyl groups excluding tert-OH is 3. The van der Waals surface area contributed by atoms with Crippen molar-refractivity contribution < 1.29 is 52.6 Å². The molecular weight excluding hydrogens is 936 g/mol. The van der Waals surface area contributed by atoms with Crippen LogP contribution in [0.15, 0.2) is 36.1 Å². The predicted octanol–water partition coefficient (Wildman–Crippen LogP) is 12.7. The molecule has 0 aliphatic carbocycles. The molecule has 2 aliphatic rings. The fraction of sp³-hybridized carbons (Fsp3) is 0.836. The van der Waals surface area contributed by atoms with E-state index in [4.69, 9.17) is 55.7 Å². The zero-order chi connectivity index (χ0) is 55.0. The molecule has 0 amide bonds. The van der Waals surface area contributed by atoms with Crippen LogP contribution in [0.25, 0.3) is 0 Å². The minimum Gasteiger partial charge on any atom is -0.392 e. The predicted molar refractivity (Wildman–Crippen MR) is 280 cm³/mol. The number of rotatable bonds is 19. The van der Waals surface area contributed by atoms with Crippen LogP contribution in [-0.2, 0) is 37.3 Å². The van der Waals surface area contributed by atoms with E-state index in [0.29, 0.717) is 24.6 Å². The summed E-state index contributed by atoms with van der Waals surface area (Å²) < 4.78 is 22.1. The summed E-state index contributed by atoms with van der Waals surface area (Å²) >= 11 is 11.9. The van der Waals surface area contributed by atoms with E-state index in [9.17, 15) is 20.1 Å². The molecule has 1 spiro atoms. The minimum absolute atomic E-state index is 0.0497. The number of carbonyl (C=O) groups excluding carboxylic acids is 5. The minimum atomic E-state index is -3.53. The number of aliphatic hydroxyl groups is 3. The Morgan fingerprint density at radius 3 is 1.52 bits per heavy atom. The second-order valence-corrected chi connectivity index (χ2v) is 28.5. The third-order valence-electron chi connectivity index (χ3n) is 14.6. The third-order valence-corrected chi connectivity index (χ3v) is 18.8. The van der Waals surface area contributed by atoms with Crippen LogP contribution in [0.1, 0.15) is 196 Å². The van der Waals surface area contributed by atoms with Gasteiger partial charge in [-0.05, 0) is 86.0 Å². The fourth-order valence-electron chi connectivity index (χ4n) is 8.90. The van der Waals surface area contributed by atoms with Gasteiger partial charge in [-0.3, -0.25) is 4.79 Å². The summed E-state index contributed by atoms with van der Waals surface area (Å²) in [6.07, 6.45) is 8.54. The normalized spacial score (nSPS) is 26.1. The van der Waals surface area contributed by atoms with Crippen LogP contribution in [-0.4, -0.2) is 89.6 Å². The van der Waals surface area contributed by atoms with Crippen molar-refractivity contribution in [2.45, 2.75) is 232 Å². The lowest BCUT2D eigenvalue weighted by Gasteiger charge is -2.59. The van der Waals surface area contributed by atoms with Crippen LogP contribution >= 0.6 is 23.2 Å². The molecule has 0 aromatic heterocycles. The van der Waals surface area contributed by atoms with Gasteiger partial charge in [0.1, 0.15) is 5.78 Å². The summed E-state index contributed by atoms with van der Waals surface area (Å²) in [5.41, 5.74) is -1.60. The summed E-state index contributed by atoms with van der Waals surface area (Å²) in [5, 5.41) is 34.2. The van der Waals surface area contributed by atoms with E-state index in [0.717, 1.165) is 55.7 Å². The van der Waals surface area contributed by atoms with Crippen LogP contribution in [0.3, 0.4) is 0 Å². The molecule has 402 valence electrons. The number of ketones is 1. The quantitative estimate of drug-likeness (QED) is 0.0486. The average molecular weight is 1030 g/mol. The molecule has 2 aliphatic heterocycles. The lowest BCUT2D eigenvalue weighted by atomic mass is 9.66. The number of carbonyl (C=O) groups is 1. The molecule has 0 saturated carbocycles. The molecule has 2 fully saturated rings. The summed E-state index contributed by atoms with van der Waals surface area (Å²) in [6, 6.07) is 0. The number of hydrogen-bond acceptors (Lipinski definition) is 11. The first-order valence-corrected chi connectivity index (χ1v) is 27.7. The van der Waals surface area contributed by atoms with Crippen molar-refractivity contribution in [3.05, 3.63) is 36.1 Å². The van der Waals surface area contributed by atoms with Gasteiger partial charge in [0.2, 0.25) is 0 Å². The lowest BCUT2D eigenvalue weighted by molar-refractivity contribution is -0.205. The Hall–Kier alpha value is -1.79. The molecule has 2 unspecified atom stereocenters. The molecule has 2 rings (SSSR count). The lowest BCUT2D eigenvalue weighted by Crippen LogP contribution is -2.69. The molecule has 3 N–H and O–H groups in total. The van der Waals surface area contributed by atoms with Gasteiger partial charge < -0.3 is 28.6 Å². The van der Waals surface area contributed by atoms with Crippen molar-refractivity contribution in [1.82, 2.24) is 0 Å². The van der Waals surface area contributed by atoms with Crippen LogP contribution in [0.2, 0.25) is 0 Å². The molecule has 11 nitrogen and oxygen atoms in total. The van der Waals surface area contributed by atoms with Crippen molar-refractivity contribution >= 4 is 50.1 Å². The monoisotopic (exact) mass is 1030 g/mol. The van der Waals surface area contributed by atoms with Gasteiger partial charge in [-0.25, -0.2) is 0 Å². The van der Waals surface area contributed by atoms with E-state index in [1.54, 1.807) is 19.9 Å². The molecule has 0 aromatic rings. The summed E-state index contributed by atoms with van der Waals surface area (Å²) in [7, 11) is -3.53. The molecule has 14 heteroatoms. The maximum absolute atomic E-state index is 13.2. The van der Waals surface area contributed by atoms with Gasteiger partial charge in [-0.2, -0.15) is 19.2 Å². The Kier molecular flexibility index (Phi) is 28.2. The molecule has 2 heterocycles. The van der Waals surface area contributed by atoms with E-state index in [1.165, 1.54) is 0 Å². The molecular formula is C55H98Cl2O11Si. The van der Waals surface area contributed by atoms with Crippen molar-refractivity contribution in [3.8, 4) is 0 Å². The fourth-order valence-corrected chi connectivity index (χ4v) is 14.1. The highest BCUT2D eigenvalue weighted by Gasteiger charge is 2.72. The maximum Gasteiger partial charge on any atom is 0.534 e. The van der Waals surface area contributed by atoms with Gasteiger partial charge >= 0.3 is 21.1 Å². The van der Waals surface area contributed by atoms with Crippen molar-refractivity contribution in [2.75, 3.05) is 11.8 Å². The smallest absolute Gasteiger partial charge is 0.392 e. The summed E-state index contributed by atoms with van der Waals surface area (Å²) in [5.74, 6) is 0.275. The van der Waals surface area contributed by atoms with Gasteiger partial charge in [-0.1, -0.05) is 143 Å². The first-order valence-electron chi connectivity index (χ1n) is 24.9. The number of unbranched alkanes of at least 4 members (excludes halogenated alkanes) is 2. The van der Waals surface area contributed by atoms with Crippen molar-refractivity contribution in [1.29, 1.82) is 0 Å². The SMILES string of the molecule is C=C[C@H](C)[C@H](O)/C(CCCCCl)=C1/C(C)(C)[C@H](CC(C)(C)C)O[Si]12OC(C)(C(C)(C)C)CC(C)(C(C)(C)C)O2.C=C[C@H](C)[C@H](O)[C@@H](CCCCCl)C(=O)C(C)(C)[C@@H](O)CC(C)(C)C.O=C=O.O=C=O. The molecule has 0 aromatic carbocycles. The number of Topliss-reactive ketones (excluding diaryl/α,β-unsaturated/α-hetero) is 1. The second kappa shape index (κ2) is 28.0. The van der Waals surface area contributed by atoms with E-state index >= 15 is 0 Å². The third kappa shape index (κ3) is 19.9. The van der Waals surface area contributed by atoms with Gasteiger partial charge in [-0.15, -0.1) is 36.4 Å². The topological polar surface area (TPSA) is 174 Å². The first-order chi connectivity index (χ1) is 31.1. The Morgan fingerprint density at radius 2 is 1.16 bits per heavy atom. The van der Waals surface area contributed by atoms with Crippen LogP contribution in [0.4, 0.5) is 0 Å². The highest BCUT2D eigenvalue weighted by Crippen LogP contribution is 2.61. The van der Waals surface area contributed by atoms with Crippen molar-refractivity contribution in [2.24, 2.45) is 50.2 Å². The van der Waals surface area contributed by atoms with Gasteiger partial charge in [0, 0.05) is 52.0 Å². The summed E-state index contributed by atoms with van der Waals surface area (Å²) in [4.78, 5) is 45.7. The van der Waals surface area contributed by atoms with E-state index in [2.05, 4.69) is 103 Å². The zero-order valence-electron chi connectivity index (χ0n) is 46.8. The highest BCUT2D eigenvalue weighted by atomic mass is 35.5. The van der Waals surface area contributed by atoms with Crippen molar-refractivity contribution in [3.63, 3.8) is 0 Å². The number of hydrogen-bond donors (Lipinski definition) is 3. The van der Waals surface area contributed by atoms with E-state index in [-0.39, 0.29) is 63.1 Å². The Morgan fingerprint density at radius 1 is 0.739 bits per heavy atom. The maximum atomic E-state index is 13.2. The van der Waals surface area contributed by atoms with E-state index < -0.39 is 49.7 Å². The molecule has 0 radical (unpaired) electrons. The number of halogens is 2. The van der Waals surface area contributed by atoms with Gasteiger partial charge in [0.05, 0.1) is 35.6 Å². The molecule has 69 heavy (non-hydrogen) atoms. The van der Waals surface area contributed by atoms with Crippen LogP contribution < -0.4 is 0 Å². The summed E-state index contributed by atoms with van der Waals surface area (Å²) in [6.45, 7) is 50.7. The van der Waals surface area contributed by atoms with Crippen LogP contribution in [0, 0.1) is 50.2 Å². The number of alkyl halides is 2. The zero-order valence-corrected chi connectivity index (χ0v) is 49.3. The Balaban J connectivity index is 0. The first kappa shape index (κ1) is 69.3. The Bertz CT molecular complexity index is 1660. The Labute approximate surface area is 430 Å². The standard InChI is InChI=1S/C33H61ClO4Si.C20H37ClO3.2CO2/c1-16-23(2)26(35)24(19-17-18-20-34)27-31(12,13)25(21-28(3,4)5)36-39(27)37-32(14,29(6,7)8)22-33(15,38-39)30(9,10)11;1-8-14(2)17(23)15(11-9-10-12-21)18(24)20(6,7)16(22)13-19(3,4)5;2*2-1-3/h16,23,25-26,35H,1,17-22H2,2-15H3;8,14-17,22-23H,1,9-13H2,2-7H3;;/b27-24-;;;/t23-,25-,26-,32?,33?,39?;14-,15+,16-,17-;;/m00../s1. The highest BCUT2D eigenvalue weighted by molar-refractivity contribution is 6.70.